The Balaban J connectivity index is 1.59. The summed E-state index contributed by atoms with van der Waals surface area (Å²) >= 11 is 0. The number of amides is 1. The number of carbonyl (C=O) groups is 1. The summed E-state index contributed by atoms with van der Waals surface area (Å²) in [5, 5.41) is 0. The molecule has 1 amide bonds. The molecule has 26 heavy (non-hydrogen) atoms. The molecule has 140 valence electrons. The van der Waals surface area contributed by atoms with Gasteiger partial charge in [-0.25, -0.2) is 9.78 Å². The maximum absolute atomic E-state index is 12.7. The molecule has 2 aromatic heterocycles. The van der Waals surface area contributed by atoms with Crippen LogP contribution in [0.2, 0.25) is 0 Å². The largest absolute Gasteiger partial charge is 0.340 e. The van der Waals surface area contributed by atoms with Gasteiger partial charge in [0.25, 0.3) is 5.56 Å². The van der Waals surface area contributed by atoms with Gasteiger partial charge in [0, 0.05) is 63.7 Å². The molecule has 1 fully saturated rings. The Morgan fingerprint density at radius 2 is 2.15 bits per heavy atom. The number of imidazole rings is 1. The maximum Gasteiger partial charge on any atom is 0.328 e. The molecule has 1 saturated heterocycles. The third kappa shape index (κ3) is 4.30. The van der Waals surface area contributed by atoms with Gasteiger partial charge in [0.1, 0.15) is 5.82 Å². The maximum atomic E-state index is 12.7. The van der Waals surface area contributed by atoms with Crippen LogP contribution in [-0.2, 0) is 24.8 Å². The number of aromatic nitrogens is 4. The van der Waals surface area contributed by atoms with Gasteiger partial charge in [-0.05, 0) is 25.7 Å². The Morgan fingerprint density at radius 3 is 2.88 bits per heavy atom. The van der Waals surface area contributed by atoms with Crippen molar-refractivity contribution in [3.8, 4) is 0 Å². The van der Waals surface area contributed by atoms with Gasteiger partial charge in [-0.15, -0.1) is 0 Å². The summed E-state index contributed by atoms with van der Waals surface area (Å²) in [4.78, 5) is 44.1. The number of nitrogens with zero attached hydrogens (tertiary/aromatic N) is 4. The van der Waals surface area contributed by atoms with Gasteiger partial charge in [0.15, 0.2) is 0 Å². The van der Waals surface area contributed by atoms with Gasteiger partial charge >= 0.3 is 5.69 Å². The van der Waals surface area contributed by atoms with Crippen molar-refractivity contribution >= 4 is 5.91 Å². The van der Waals surface area contributed by atoms with Gasteiger partial charge in [-0.2, -0.15) is 0 Å². The SMILES string of the molecule is Cn1ccnc1CC[C@@H]1CCCCN1C(=O)CCn1ccc(=O)[nH]c1=O. The van der Waals surface area contributed by atoms with Gasteiger partial charge in [0.05, 0.1) is 0 Å². The minimum atomic E-state index is -0.477. The van der Waals surface area contributed by atoms with Gasteiger partial charge < -0.3 is 14.0 Å². The lowest BCUT2D eigenvalue weighted by atomic mass is 9.97. The summed E-state index contributed by atoms with van der Waals surface area (Å²) < 4.78 is 3.38. The van der Waals surface area contributed by atoms with E-state index in [4.69, 9.17) is 0 Å². The molecule has 0 aliphatic carbocycles. The van der Waals surface area contributed by atoms with Crippen LogP contribution >= 0.6 is 0 Å². The summed E-state index contributed by atoms with van der Waals surface area (Å²) in [6.07, 6.45) is 10.3. The van der Waals surface area contributed by atoms with E-state index < -0.39 is 11.2 Å². The van der Waals surface area contributed by atoms with Crippen LogP contribution in [0.1, 0.15) is 37.9 Å². The molecule has 3 rings (SSSR count). The average Bonchev–Trinajstić information content (AvgIpc) is 3.04. The molecule has 8 nitrogen and oxygen atoms in total. The summed E-state index contributed by atoms with van der Waals surface area (Å²) in [5.74, 6) is 1.09. The highest BCUT2D eigenvalue weighted by atomic mass is 16.2. The van der Waals surface area contributed by atoms with E-state index in [9.17, 15) is 14.4 Å². The number of hydrogen-bond acceptors (Lipinski definition) is 4. The van der Waals surface area contributed by atoms with E-state index in [1.54, 1.807) is 6.20 Å². The topological polar surface area (TPSA) is 93.0 Å². The molecule has 1 aliphatic rings. The van der Waals surface area contributed by atoms with Crippen LogP contribution in [0.5, 0.6) is 0 Å². The highest BCUT2D eigenvalue weighted by molar-refractivity contribution is 5.76. The van der Waals surface area contributed by atoms with E-state index >= 15 is 0 Å². The van der Waals surface area contributed by atoms with Gasteiger partial charge in [-0.3, -0.25) is 14.6 Å². The number of H-pyrrole nitrogens is 1. The first kappa shape index (κ1) is 18.2. The molecule has 0 unspecified atom stereocenters. The average molecular weight is 359 g/mol. The van der Waals surface area contributed by atoms with Crippen molar-refractivity contribution in [1.29, 1.82) is 0 Å². The van der Waals surface area contributed by atoms with Crippen LogP contribution in [0, 0.1) is 0 Å². The first-order valence-corrected chi connectivity index (χ1v) is 9.10. The fraction of sp³-hybridized carbons (Fsp3) is 0.556. The summed E-state index contributed by atoms with van der Waals surface area (Å²) in [5.41, 5.74) is -0.904. The van der Waals surface area contributed by atoms with Gasteiger partial charge in [0.2, 0.25) is 5.91 Å². The van der Waals surface area contributed by atoms with E-state index in [0.29, 0.717) is 0 Å². The Morgan fingerprint density at radius 1 is 1.31 bits per heavy atom. The third-order valence-electron chi connectivity index (χ3n) is 5.03. The highest BCUT2D eigenvalue weighted by Crippen LogP contribution is 2.22. The Hall–Kier alpha value is -2.64. The zero-order valence-electron chi connectivity index (χ0n) is 15.1. The Labute approximate surface area is 151 Å². The molecule has 0 radical (unpaired) electrons. The second-order valence-corrected chi connectivity index (χ2v) is 6.78. The highest BCUT2D eigenvalue weighted by Gasteiger charge is 2.26. The van der Waals surface area contributed by atoms with Crippen molar-refractivity contribution in [2.24, 2.45) is 7.05 Å². The predicted octanol–water partition coefficient (Wildman–Crippen LogP) is 0.674. The molecule has 0 bridgehead atoms. The van der Waals surface area contributed by atoms with Crippen LogP contribution in [0.3, 0.4) is 0 Å². The fourth-order valence-electron chi connectivity index (χ4n) is 3.54. The number of piperidine rings is 1. The van der Waals surface area contributed by atoms with E-state index in [1.165, 1.54) is 16.8 Å². The van der Waals surface area contributed by atoms with Gasteiger partial charge in [-0.1, -0.05) is 0 Å². The summed E-state index contributed by atoms with van der Waals surface area (Å²) in [6, 6.07) is 1.52. The number of aryl methyl sites for hydroxylation is 3. The van der Waals surface area contributed by atoms with E-state index in [2.05, 4.69) is 9.97 Å². The minimum Gasteiger partial charge on any atom is -0.340 e. The van der Waals surface area contributed by atoms with Crippen molar-refractivity contribution < 1.29 is 4.79 Å². The third-order valence-corrected chi connectivity index (χ3v) is 5.03. The summed E-state index contributed by atoms with van der Waals surface area (Å²) in [6.45, 7) is 1.04. The molecule has 2 aromatic rings. The normalized spacial score (nSPS) is 17.4. The molecular formula is C18H25N5O3. The zero-order valence-corrected chi connectivity index (χ0v) is 15.1. The molecule has 0 spiro atoms. The number of aromatic amines is 1. The molecule has 1 atom stereocenters. The standard InChI is InChI=1S/C18H25N5O3/c1-21-13-9-19-15(21)6-5-14-4-2-3-10-23(14)17(25)8-12-22-11-7-16(24)20-18(22)26/h7,9,11,13-14H,2-6,8,10,12H2,1H3,(H,20,24,26)/t14-/m0/s1. The molecule has 1 N–H and O–H groups in total. The minimum absolute atomic E-state index is 0.0626. The van der Waals surface area contributed by atoms with E-state index in [1.807, 2.05) is 22.7 Å². The lowest BCUT2D eigenvalue weighted by Gasteiger charge is -2.36. The second kappa shape index (κ2) is 8.16. The molecule has 0 saturated carbocycles. The van der Waals surface area contributed by atoms with Crippen molar-refractivity contribution in [3.05, 3.63) is 51.3 Å². The zero-order chi connectivity index (χ0) is 18.5. The Kier molecular flexibility index (Phi) is 5.70. The predicted molar refractivity (Wildman–Crippen MR) is 96.8 cm³/mol. The second-order valence-electron chi connectivity index (χ2n) is 6.78. The first-order chi connectivity index (χ1) is 12.5. The number of rotatable bonds is 6. The van der Waals surface area contributed by atoms with Crippen LogP contribution < -0.4 is 11.2 Å². The number of carbonyl (C=O) groups excluding carboxylic acids is 1. The van der Waals surface area contributed by atoms with E-state index in [0.717, 1.165) is 44.5 Å². The fourth-order valence-corrected chi connectivity index (χ4v) is 3.54. The lowest BCUT2D eigenvalue weighted by molar-refractivity contribution is -0.135. The van der Waals surface area contributed by atoms with Crippen LogP contribution in [-0.4, -0.2) is 42.5 Å². The number of hydrogen-bond donors (Lipinski definition) is 1. The van der Waals surface area contributed by atoms with Crippen LogP contribution in [0.25, 0.3) is 0 Å². The van der Waals surface area contributed by atoms with Crippen LogP contribution in [0.15, 0.2) is 34.2 Å². The smallest absolute Gasteiger partial charge is 0.328 e. The van der Waals surface area contributed by atoms with Crippen LogP contribution in [0.4, 0.5) is 0 Å². The Bertz CT molecular complexity index is 866. The van der Waals surface area contributed by atoms with E-state index in [-0.39, 0.29) is 24.9 Å². The molecule has 1 aliphatic heterocycles. The quantitative estimate of drug-likeness (QED) is 0.821. The number of nitrogens with one attached hydrogen (secondary N) is 1. The van der Waals surface area contributed by atoms with Crippen molar-refractivity contribution in [3.63, 3.8) is 0 Å². The molecule has 0 aromatic carbocycles. The first-order valence-electron chi connectivity index (χ1n) is 9.10. The van der Waals surface area contributed by atoms with Crippen molar-refractivity contribution in [2.75, 3.05) is 6.54 Å². The molecule has 3 heterocycles. The summed E-state index contributed by atoms with van der Waals surface area (Å²) in [7, 11) is 1.98. The van der Waals surface area contributed by atoms with Crippen molar-refractivity contribution in [2.45, 2.75) is 51.1 Å². The number of likely N-dealkylation sites (tertiary alicyclic amines) is 1. The molecule has 8 heteroatoms. The monoisotopic (exact) mass is 359 g/mol. The lowest BCUT2D eigenvalue weighted by Crippen LogP contribution is -2.44. The molecular weight excluding hydrogens is 334 g/mol. The van der Waals surface area contributed by atoms with Crippen molar-refractivity contribution in [1.82, 2.24) is 24.0 Å².